The zero-order chi connectivity index (χ0) is 22.3. The van der Waals surface area contributed by atoms with E-state index in [9.17, 15) is 23.2 Å². The van der Waals surface area contributed by atoms with Gasteiger partial charge >= 0.3 is 0 Å². The van der Waals surface area contributed by atoms with Gasteiger partial charge < -0.3 is 5.32 Å². The van der Waals surface area contributed by atoms with Gasteiger partial charge in [0.25, 0.3) is 11.8 Å². The average Bonchev–Trinajstić information content (AvgIpc) is 3.24. The minimum Gasteiger partial charge on any atom is -0.322 e. The number of rotatable bonds is 5. The molecular formula is C21H19F2N5O3. The van der Waals surface area contributed by atoms with Gasteiger partial charge in [0.2, 0.25) is 5.91 Å². The number of nitrogens with zero attached hydrogens (tertiary/aromatic N) is 4. The Morgan fingerprint density at radius 2 is 1.81 bits per heavy atom. The molecule has 8 nitrogen and oxygen atoms in total. The minimum absolute atomic E-state index is 0.209. The molecule has 0 aromatic heterocycles. The number of benzene rings is 2. The third kappa shape index (κ3) is 3.76. The Hall–Kier alpha value is -3.69. The molecule has 2 aromatic rings. The van der Waals surface area contributed by atoms with Crippen molar-refractivity contribution in [3.05, 3.63) is 59.7 Å². The topological polar surface area (TPSA) is 94.4 Å². The van der Waals surface area contributed by atoms with Crippen molar-refractivity contribution in [2.45, 2.75) is 31.8 Å². The van der Waals surface area contributed by atoms with E-state index in [0.717, 1.165) is 27.6 Å². The van der Waals surface area contributed by atoms with Crippen LogP contribution < -0.4 is 10.2 Å². The van der Waals surface area contributed by atoms with Crippen molar-refractivity contribution >= 4 is 29.1 Å². The molecule has 2 aromatic carbocycles. The zero-order valence-electron chi connectivity index (χ0n) is 16.8. The molecule has 2 aliphatic rings. The van der Waals surface area contributed by atoms with Crippen LogP contribution in [0.1, 0.15) is 25.3 Å². The summed E-state index contributed by atoms with van der Waals surface area (Å²) in [6.45, 7) is 3.64. The van der Waals surface area contributed by atoms with Crippen LogP contribution in [-0.4, -0.2) is 41.4 Å². The highest BCUT2D eigenvalue weighted by atomic mass is 19.1. The molecule has 4 rings (SSSR count). The molecule has 0 spiro atoms. The Labute approximate surface area is 176 Å². The number of hydrogen-bond donors (Lipinski definition) is 1. The van der Waals surface area contributed by atoms with E-state index in [1.807, 2.05) is 26.0 Å². The second-order valence-electron chi connectivity index (χ2n) is 7.62. The number of anilines is 2. The molecule has 0 radical (unpaired) electrons. The highest BCUT2D eigenvalue weighted by Crippen LogP contribution is 2.32. The molecule has 2 atom stereocenters. The van der Waals surface area contributed by atoms with E-state index in [4.69, 9.17) is 0 Å². The van der Waals surface area contributed by atoms with Crippen LogP contribution in [0.15, 0.2) is 52.8 Å². The van der Waals surface area contributed by atoms with E-state index in [0.29, 0.717) is 17.7 Å². The summed E-state index contributed by atoms with van der Waals surface area (Å²) in [4.78, 5) is 39.1. The largest absolute Gasteiger partial charge is 0.322 e. The lowest BCUT2D eigenvalue weighted by Crippen LogP contribution is -2.43. The van der Waals surface area contributed by atoms with Crippen LogP contribution in [-0.2, 0) is 14.4 Å². The fraction of sp³-hybridized carbons (Fsp3) is 0.286. The van der Waals surface area contributed by atoms with Crippen molar-refractivity contribution < 1.29 is 23.2 Å². The van der Waals surface area contributed by atoms with Crippen LogP contribution in [0.25, 0.3) is 0 Å². The maximum Gasteiger partial charge on any atom is 0.263 e. The summed E-state index contributed by atoms with van der Waals surface area (Å²) in [6.07, 6.45) is 0. The fourth-order valence-electron chi connectivity index (χ4n) is 3.54. The number of carbonyl (C=O) groups excluding carboxylic acids is 3. The van der Waals surface area contributed by atoms with E-state index in [2.05, 4.69) is 15.7 Å². The summed E-state index contributed by atoms with van der Waals surface area (Å²) >= 11 is 0. The van der Waals surface area contributed by atoms with Gasteiger partial charge in [-0.1, -0.05) is 31.2 Å². The van der Waals surface area contributed by atoms with Gasteiger partial charge in [-0.15, -0.1) is 0 Å². The van der Waals surface area contributed by atoms with Gasteiger partial charge in [0.05, 0.1) is 11.4 Å². The average molecular weight is 427 g/mol. The van der Waals surface area contributed by atoms with Crippen LogP contribution in [0.3, 0.4) is 0 Å². The standard InChI is InChI=1S/C21H19F2N5O3/c1-11(2)12-3-6-14(7-4-12)28-20(30)18-19(21(28)31)27(26-25-18)10-17(29)24-16-8-5-13(22)9-15(16)23/h3-9,11,18-19H,10H2,1-2H3,(H,24,29)/t18-,19+/m0/s1. The molecule has 0 bridgehead atoms. The van der Waals surface area contributed by atoms with Crippen LogP contribution >= 0.6 is 0 Å². The fourth-order valence-corrected chi connectivity index (χ4v) is 3.54. The van der Waals surface area contributed by atoms with Crippen LogP contribution in [0.4, 0.5) is 20.2 Å². The number of nitrogens with one attached hydrogen (secondary N) is 1. The molecule has 1 saturated heterocycles. The Morgan fingerprint density at radius 1 is 1.10 bits per heavy atom. The van der Waals surface area contributed by atoms with Crippen molar-refractivity contribution in [2.75, 3.05) is 16.8 Å². The molecule has 10 heteroatoms. The van der Waals surface area contributed by atoms with E-state index < -0.39 is 48.0 Å². The Balaban J connectivity index is 1.48. The predicted molar refractivity (Wildman–Crippen MR) is 107 cm³/mol. The van der Waals surface area contributed by atoms with Crippen molar-refractivity contribution in [1.82, 2.24) is 5.01 Å². The second kappa shape index (κ2) is 7.86. The Bertz CT molecular complexity index is 1090. The monoisotopic (exact) mass is 427 g/mol. The van der Waals surface area contributed by atoms with Crippen LogP contribution in [0, 0.1) is 11.6 Å². The van der Waals surface area contributed by atoms with Gasteiger partial charge in [-0.2, -0.15) is 5.11 Å². The molecule has 2 heterocycles. The summed E-state index contributed by atoms with van der Waals surface area (Å²) in [5.41, 5.74) is 1.27. The lowest BCUT2D eigenvalue weighted by atomic mass is 10.0. The maximum atomic E-state index is 13.8. The van der Waals surface area contributed by atoms with Gasteiger partial charge in [0.1, 0.15) is 18.2 Å². The molecule has 2 aliphatic heterocycles. The number of fused-ring (bicyclic) bond motifs is 1. The van der Waals surface area contributed by atoms with E-state index in [-0.39, 0.29) is 5.69 Å². The first-order chi connectivity index (χ1) is 14.8. The smallest absolute Gasteiger partial charge is 0.263 e. The first-order valence-electron chi connectivity index (χ1n) is 9.66. The lowest BCUT2D eigenvalue weighted by Gasteiger charge is -2.20. The molecule has 31 heavy (non-hydrogen) atoms. The number of hydrogen-bond acceptors (Lipinski definition) is 6. The quantitative estimate of drug-likeness (QED) is 0.743. The SMILES string of the molecule is CC(C)c1ccc(N2C(=O)[C@H]3N=NN(CC(=O)Nc4ccc(F)cc4F)[C@H]3C2=O)cc1. The van der Waals surface area contributed by atoms with Crippen molar-refractivity contribution in [3.8, 4) is 0 Å². The van der Waals surface area contributed by atoms with Gasteiger partial charge in [-0.05, 0) is 35.7 Å². The predicted octanol–water partition coefficient (Wildman–Crippen LogP) is 3.02. The molecule has 3 amide bonds. The van der Waals surface area contributed by atoms with Gasteiger partial charge in [-0.25, -0.2) is 13.7 Å². The minimum atomic E-state index is -1.05. The first kappa shape index (κ1) is 20.6. The summed E-state index contributed by atoms with van der Waals surface area (Å²) < 4.78 is 26.8. The Kier molecular flexibility index (Phi) is 5.22. The summed E-state index contributed by atoms with van der Waals surface area (Å²) in [5, 5.41) is 11.0. The van der Waals surface area contributed by atoms with Crippen LogP contribution in [0.5, 0.6) is 0 Å². The van der Waals surface area contributed by atoms with Crippen molar-refractivity contribution in [3.63, 3.8) is 0 Å². The second-order valence-corrected chi connectivity index (χ2v) is 7.62. The molecule has 1 fully saturated rings. The van der Waals surface area contributed by atoms with Crippen molar-refractivity contribution in [2.24, 2.45) is 10.3 Å². The van der Waals surface area contributed by atoms with Gasteiger partial charge in [-0.3, -0.25) is 19.4 Å². The number of amides is 3. The highest BCUT2D eigenvalue weighted by Gasteiger charge is 2.55. The van der Waals surface area contributed by atoms with Gasteiger partial charge in [0, 0.05) is 6.07 Å². The molecule has 0 unspecified atom stereocenters. The summed E-state index contributed by atoms with van der Waals surface area (Å²) in [5.74, 6) is -3.17. The molecule has 160 valence electrons. The third-order valence-corrected chi connectivity index (χ3v) is 5.19. The number of carbonyl (C=O) groups is 3. The van der Waals surface area contributed by atoms with E-state index in [1.54, 1.807) is 12.1 Å². The molecular weight excluding hydrogens is 408 g/mol. The molecule has 0 aliphatic carbocycles. The first-order valence-corrected chi connectivity index (χ1v) is 9.66. The molecule has 0 saturated carbocycles. The third-order valence-electron chi connectivity index (χ3n) is 5.19. The normalized spacial score (nSPS) is 20.0. The number of halogens is 2. The zero-order valence-corrected chi connectivity index (χ0v) is 16.8. The van der Waals surface area contributed by atoms with E-state index >= 15 is 0 Å². The van der Waals surface area contributed by atoms with Crippen LogP contribution in [0.2, 0.25) is 0 Å². The lowest BCUT2D eigenvalue weighted by molar-refractivity contribution is -0.123. The number of imide groups is 1. The van der Waals surface area contributed by atoms with E-state index in [1.165, 1.54) is 0 Å². The molecule has 1 N–H and O–H groups in total. The maximum absolute atomic E-state index is 13.8. The summed E-state index contributed by atoms with van der Waals surface area (Å²) in [6, 6.07) is 7.71. The highest BCUT2D eigenvalue weighted by molar-refractivity contribution is 6.25. The van der Waals surface area contributed by atoms with Crippen molar-refractivity contribution in [1.29, 1.82) is 0 Å². The Morgan fingerprint density at radius 3 is 2.45 bits per heavy atom. The van der Waals surface area contributed by atoms with Gasteiger partial charge in [0.15, 0.2) is 12.1 Å². The summed E-state index contributed by atoms with van der Waals surface area (Å²) in [7, 11) is 0.